The van der Waals surface area contributed by atoms with Gasteiger partial charge < -0.3 is 0 Å². The van der Waals surface area contributed by atoms with Gasteiger partial charge in [0.15, 0.2) is 5.17 Å². The number of anilines is 1. The van der Waals surface area contributed by atoms with Crippen molar-refractivity contribution in [1.29, 1.82) is 0 Å². The lowest BCUT2D eigenvalue weighted by Crippen LogP contribution is -2.28. The van der Waals surface area contributed by atoms with Crippen LogP contribution in [0.5, 0.6) is 0 Å². The third-order valence-corrected chi connectivity index (χ3v) is 6.49. The van der Waals surface area contributed by atoms with Crippen LogP contribution in [0.4, 0.5) is 10.8 Å². The van der Waals surface area contributed by atoms with Crippen molar-refractivity contribution in [1.82, 2.24) is 4.98 Å². The van der Waals surface area contributed by atoms with Gasteiger partial charge in [0.05, 0.1) is 10.6 Å². The number of aryl methyl sites for hydroxylation is 2. The van der Waals surface area contributed by atoms with Gasteiger partial charge in [-0.25, -0.2) is 4.98 Å². The number of benzene rings is 2. The summed E-state index contributed by atoms with van der Waals surface area (Å²) < 4.78 is 0. The number of para-hydroxylation sites is 1. The second kappa shape index (κ2) is 7.73. The molecule has 4 rings (SSSR count). The van der Waals surface area contributed by atoms with E-state index in [9.17, 15) is 4.79 Å². The number of carbonyl (C=O) groups excluding carboxylic acids is 1. The largest absolute Gasteiger partial charge is 0.271 e. The molecule has 2 heterocycles. The van der Waals surface area contributed by atoms with Crippen LogP contribution in [0.1, 0.15) is 23.6 Å². The Morgan fingerprint density at radius 3 is 2.54 bits per heavy atom. The van der Waals surface area contributed by atoms with Crippen LogP contribution in [-0.2, 0) is 4.79 Å². The number of amides is 1. The van der Waals surface area contributed by atoms with Crippen LogP contribution in [0.15, 0.2) is 70.0 Å². The third kappa shape index (κ3) is 3.53. The molecule has 0 atom stereocenters. The minimum absolute atomic E-state index is 0.0535. The molecule has 1 aliphatic rings. The lowest BCUT2D eigenvalue weighted by atomic mass is 10.0. The number of hydrogen-bond acceptors (Lipinski definition) is 5. The minimum atomic E-state index is -0.0535. The zero-order valence-corrected chi connectivity index (χ0v) is 17.5. The highest BCUT2D eigenvalue weighted by atomic mass is 32.2. The van der Waals surface area contributed by atoms with Gasteiger partial charge in [-0.2, -0.15) is 4.99 Å². The average molecular weight is 406 g/mol. The van der Waals surface area contributed by atoms with E-state index in [0.717, 1.165) is 16.8 Å². The van der Waals surface area contributed by atoms with E-state index < -0.39 is 0 Å². The van der Waals surface area contributed by atoms with Gasteiger partial charge in [0.2, 0.25) is 5.13 Å². The monoisotopic (exact) mass is 405 g/mol. The maximum Gasteiger partial charge on any atom is 0.271 e. The smallest absolute Gasteiger partial charge is 0.268 e. The third-order valence-electron chi connectivity index (χ3n) is 4.69. The van der Waals surface area contributed by atoms with Crippen molar-refractivity contribution in [3.05, 3.63) is 81.7 Å². The molecular weight excluding hydrogens is 386 g/mol. The van der Waals surface area contributed by atoms with Gasteiger partial charge in [0.25, 0.3) is 5.91 Å². The molecule has 1 aliphatic heterocycles. The summed E-state index contributed by atoms with van der Waals surface area (Å²) in [5.74, 6) is -0.0535. The van der Waals surface area contributed by atoms with Gasteiger partial charge in [-0.3, -0.25) is 9.69 Å². The molecule has 4 nitrogen and oxygen atoms in total. The van der Waals surface area contributed by atoms with Gasteiger partial charge in [0, 0.05) is 11.6 Å². The standard InChI is InChI=1S/C22H19N3OS2/c1-14-9-10-17(13-15(14)2)16(3)19-20(26)25(18-7-5-4-6-8-18)22(28-19)24-21-23-11-12-27-21/h4-13H,1-3H3/b19-16-,24-22+. The Balaban J connectivity index is 1.82. The number of amidine groups is 1. The quantitative estimate of drug-likeness (QED) is 0.505. The highest BCUT2D eigenvalue weighted by Crippen LogP contribution is 2.40. The molecule has 3 aromatic rings. The van der Waals surface area contributed by atoms with E-state index in [0.29, 0.717) is 15.2 Å². The van der Waals surface area contributed by atoms with Crippen LogP contribution in [0.2, 0.25) is 0 Å². The van der Waals surface area contributed by atoms with Crippen LogP contribution in [0, 0.1) is 13.8 Å². The van der Waals surface area contributed by atoms with Crippen molar-refractivity contribution in [3.8, 4) is 0 Å². The van der Waals surface area contributed by atoms with E-state index in [1.54, 1.807) is 11.1 Å². The van der Waals surface area contributed by atoms with E-state index in [4.69, 9.17) is 0 Å². The number of rotatable bonds is 3. The van der Waals surface area contributed by atoms with E-state index in [-0.39, 0.29) is 5.91 Å². The summed E-state index contributed by atoms with van der Waals surface area (Å²) in [6, 6.07) is 15.9. The second-order valence-corrected chi connectivity index (χ2v) is 8.39. The van der Waals surface area contributed by atoms with Crippen LogP contribution < -0.4 is 4.90 Å². The molecule has 1 amide bonds. The minimum Gasteiger partial charge on any atom is -0.268 e. The Morgan fingerprint density at radius 1 is 1.07 bits per heavy atom. The van der Waals surface area contributed by atoms with Gasteiger partial charge in [0.1, 0.15) is 0 Å². The highest BCUT2D eigenvalue weighted by molar-refractivity contribution is 8.19. The summed E-state index contributed by atoms with van der Waals surface area (Å²) in [5.41, 5.74) is 5.28. The molecule has 1 fully saturated rings. The average Bonchev–Trinajstić information content (AvgIpc) is 3.32. The molecular formula is C22H19N3OS2. The Kier molecular flexibility index (Phi) is 5.15. The number of thiazole rings is 1. The Bertz CT molecular complexity index is 1090. The highest BCUT2D eigenvalue weighted by Gasteiger charge is 2.36. The first kappa shape index (κ1) is 18.7. The molecule has 0 aliphatic carbocycles. The number of hydrogen-bond donors (Lipinski definition) is 0. The fourth-order valence-electron chi connectivity index (χ4n) is 2.94. The molecule has 28 heavy (non-hydrogen) atoms. The van der Waals surface area contributed by atoms with Crippen LogP contribution in [0.3, 0.4) is 0 Å². The van der Waals surface area contributed by atoms with E-state index in [2.05, 4.69) is 42.0 Å². The first-order chi connectivity index (χ1) is 13.5. The summed E-state index contributed by atoms with van der Waals surface area (Å²) in [6.07, 6.45) is 1.72. The molecule has 0 radical (unpaired) electrons. The molecule has 0 bridgehead atoms. The van der Waals surface area contributed by atoms with E-state index in [1.165, 1.54) is 34.2 Å². The maximum absolute atomic E-state index is 13.4. The summed E-state index contributed by atoms with van der Waals surface area (Å²) in [5, 5.41) is 3.15. The number of thioether (sulfide) groups is 1. The van der Waals surface area contributed by atoms with Crippen molar-refractivity contribution in [2.75, 3.05) is 4.90 Å². The molecule has 0 saturated carbocycles. The number of allylic oxidation sites excluding steroid dienone is 1. The molecule has 0 N–H and O–H groups in total. The maximum atomic E-state index is 13.4. The number of aliphatic imine (C=N–C) groups is 1. The van der Waals surface area contributed by atoms with Crippen molar-refractivity contribution < 1.29 is 4.79 Å². The number of nitrogens with zero attached hydrogens (tertiary/aromatic N) is 3. The van der Waals surface area contributed by atoms with Crippen molar-refractivity contribution in [2.24, 2.45) is 4.99 Å². The van der Waals surface area contributed by atoms with E-state index in [1.807, 2.05) is 42.6 Å². The van der Waals surface area contributed by atoms with Gasteiger partial charge >= 0.3 is 0 Å². The van der Waals surface area contributed by atoms with Crippen molar-refractivity contribution in [3.63, 3.8) is 0 Å². The second-order valence-electron chi connectivity index (χ2n) is 6.54. The SMILES string of the molecule is C/C(=C1/S/C(=N/c2nccs2)N(c2ccccc2)C1=O)c1ccc(C)c(C)c1. The Labute approximate surface area is 172 Å². The molecule has 1 saturated heterocycles. The first-order valence-electron chi connectivity index (χ1n) is 8.88. The summed E-state index contributed by atoms with van der Waals surface area (Å²) in [7, 11) is 0. The fraction of sp³-hybridized carbons (Fsp3) is 0.136. The van der Waals surface area contributed by atoms with Crippen LogP contribution >= 0.6 is 23.1 Å². The topological polar surface area (TPSA) is 45.6 Å². The first-order valence-corrected chi connectivity index (χ1v) is 10.6. The number of aromatic nitrogens is 1. The lowest BCUT2D eigenvalue weighted by Gasteiger charge is -2.15. The van der Waals surface area contributed by atoms with Crippen molar-refractivity contribution in [2.45, 2.75) is 20.8 Å². The van der Waals surface area contributed by atoms with E-state index >= 15 is 0 Å². The van der Waals surface area contributed by atoms with Gasteiger partial charge in [-0.05, 0) is 66.9 Å². The normalized spacial score (nSPS) is 17.5. The summed E-state index contributed by atoms with van der Waals surface area (Å²) in [6.45, 7) is 6.18. The Hall–Kier alpha value is -2.70. The molecule has 0 spiro atoms. The Morgan fingerprint density at radius 2 is 1.86 bits per heavy atom. The predicted octanol–water partition coefficient (Wildman–Crippen LogP) is 5.96. The van der Waals surface area contributed by atoms with Crippen LogP contribution in [-0.4, -0.2) is 16.1 Å². The molecule has 140 valence electrons. The number of carbonyl (C=O) groups is 1. The lowest BCUT2D eigenvalue weighted by molar-refractivity contribution is -0.113. The zero-order chi connectivity index (χ0) is 19.7. The summed E-state index contributed by atoms with van der Waals surface area (Å²) in [4.78, 5) is 24.6. The van der Waals surface area contributed by atoms with Crippen molar-refractivity contribution >= 4 is 50.6 Å². The van der Waals surface area contributed by atoms with Gasteiger partial charge in [-0.15, -0.1) is 11.3 Å². The predicted molar refractivity (Wildman–Crippen MR) is 119 cm³/mol. The zero-order valence-electron chi connectivity index (χ0n) is 15.8. The molecule has 1 aromatic heterocycles. The fourth-order valence-corrected chi connectivity index (χ4v) is 4.55. The molecule has 0 unspecified atom stereocenters. The van der Waals surface area contributed by atoms with Crippen LogP contribution in [0.25, 0.3) is 5.57 Å². The van der Waals surface area contributed by atoms with Gasteiger partial charge in [-0.1, -0.05) is 36.4 Å². The summed E-state index contributed by atoms with van der Waals surface area (Å²) >= 11 is 2.86. The molecule has 6 heteroatoms. The molecule has 2 aromatic carbocycles.